The van der Waals surface area contributed by atoms with Gasteiger partial charge in [-0.15, -0.1) is 0 Å². The Morgan fingerprint density at radius 3 is 2.28 bits per heavy atom. The van der Waals surface area contributed by atoms with Crippen molar-refractivity contribution in [3.05, 3.63) is 35.9 Å². The minimum absolute atomic E-state index is 0.0741. The monoisotopic (exact) mass is 531 g/mol. The highest BCUT2D eigenvalue weighted by Crippen LogP contribution is 2.27. The SMILES string of the molecule is CC(=O)NCCCS(=O)(=O)OCC(C)(C)[C@@H](OCc1ccccc1)C(=O)OCCOC(=O)OC(C)C. The maximum Gasteiger partial charge on any atom is 0.508 e. The lowest BCUT2D eigenvalue weighted by Crippen LogP contribution is -2.44. The van der Waals surface area contributed by atoms with Gasteiger partial charge in [-0.2, -0.15) is 8.42 Å². The van der Waals surface area contributed by atoms with E-state index in [0.29, 0.717) is 0 Å². The van der Waals surface area contributed by atoms with E-state index >= 15 is 0 Å². The molecule has 0 bridgehead atoms. The Bertz CT molecular complexity index is 931. The zero-order valence-electron chi connectivity index (χ0n) is 21.5. The molecule has 0 aliphatic rings. The van der Waals surface area contributed by atoms with Gasteiger partial charge in [0.15, 0.2) is 6.10 Å². The summed E-state index contributed by atoms with van der Waals surface area (Å²) in [4.78, 5) is 35.2. The predicted octanol–water partition coefficient (Wildman–Crippen LogP) is 2.58. The maximum absolute atomic E-state index is 12.9. The molecule has 1 rings (SSSR count). The molecule has 0 aliphatic carbocycles. The van der Waals surface area contributed by atoms with Gasteiger partial charge in [0, 0.05) is 18.9 Å². The van der Waals surface area contributed by atoms with Crippen molar-refractivity contribution in [1.82, 2.24) is 5.32 Å². The van der Waals surface area contributed by atoms with E-state index in [-0.39, 0.29) is 57.2 Å². The van der Waals surface area contributed by atoms with Gasteiger partial charge < -0.3 is 24.3 Å². The molecule has 0 aromatic heterocycles. The molecule has 1 amide bonds. The number of esters is 1. The number of amides is 1. The molecule has 0 heterocycles. The number of rotatable bonds is 16. The van der Waals surface area contributed by atoms with Crippen LogP contribution >= 0.6 is 0 Å². The summed E-state index contributed by atoms with van der Waals surface area (Å²) in [5, 5.41) is 2.52. The summed E-state index contributed by atoms with van der Waals surface area (Å²) in [6, 6.07) is 9.12. The molecule has 0 saturated carbocycles. The van der Waals surface area contributed by atoms with E-state index in [0.717, 1.165) is 5.56 Å². The van der Waals surface area contributed by atoms with Crippen LogP contribution in [0.1, 0.15) is 46.6 Å². The van der Waals surface area contributed by atoms with Crippen LogP contribution in [0.25, 0.3) is 0 Å². The molecule has 0 aliphatic heterocycles. The topological polar surface area (TPSA) is 144 Å². The van der Waals surface area contributed by atoms with E-state index < -0.39 is 33.8 Å². The van der Waals surface area contributed by atoms with E-state index in [1.54, 1.807) is 27.7 Å². The molecule has 0 unspecified atom stereocenters. The largest absolute Gasteiger partial charge is 0.508 e. The molecule has 0 radical (unpaired) electrons. The van der Waals surface area contributed by atoms with Gasteiger partial charge in [-0.05, 0) is 25.8 Å². The fourth-order valence-electron chi connectivity index (χ4n) is 2.83. The van der Waals surface area contributed by atoms with Crippen molar-refractivity contribution in [2.24, 2.45) is 5.41 Å². The Kier molecular flexibility index (Phi) is 13.4. The van der Waals surface area contributed by atoms with Gasteiger partial charge >= 0.3 is 12.1 Å². The molecule has 204 valence electrons. The van der Waals surface area contributed by atoms with E-state index in [1.807, 2.05) is 30.3 Å². The molecule has 36 heavy (non-hydrogen) atoms. The zero-order chi connectivity index (χ0) is 27.2. The highest BCUT2D eigenvalue weighted by atomic mass is 32.2. The summed E-state index contributed by atoms with van der Waals surface area (Å²) < 4.78 is 50.5. The molecule has 1 aromatic rings. The van der Waals surface area contributed by atoms with Crippen molar-refractivity contribution in [1.29, 1.82) is 0 Å². The molecule has 0 spiro atoms. The third kappa shape index (κ3) is 13.4. The first-order valence-electron chi connectivity index (χ1n) is 11.6. The van der Waals surface area contributed by atoms with Crippen LogP contribution < -0.4 is 5.32 Å². The van der Waals surface area contributed by atoms with E-state index in [2.05, 4.69) is 5.32 Å². The Morgan fingerprint density at radius 1 is 1.03 bits per heavy atom. The first-order chi connectivity index (χ1) is 16.8. The number of carbonyl (C=O) groups excluding carboxylic acids is 3. The minimum Gasteiger partial charge on any atom is -0.460 e. The van der Waals surface area contributed by atoms with Crippen LogP contribution in [0, 0.1) is 5.41 Å². The quantitative estimate of drug-likeness (QED) is 0.192. The predicted molar refractivity (Wildman–Crippen MR) is 130 cm³/mol. The number of ether oxygens (including phenoxy) is 4. The minimum atomic E-state index is -3.91. The molecule has 0 saturated heterocycles. The van der Waals surface area contributed by atoms with E-state index in [4.69, 9.17) is 23.1 Å². The Balaban J connectivity index is 2.75. The lowest BCUT2D eigenvalue weighted by atomic mass is 9.87. The summed E-state index contributed by atoms with van der Waals surface area (Å²) in [6.07, 6.45) is -2.24. The van der Waals surface area contributed by atoms with Crippen molar-refractivity contribution in [3.63, 3.8) is 0 Å². The molecular weight excluding hydrogens is 494 g/mol. The fourth-order valence-corrected chi connectivity index (χ4v) is 3.92. The van der Waals surface area contributed by atoms with Gasteiger partial charge in [-0.25, -0.2) is 9.59 Å². The molecule has 12 heteroatoms. The van der Waals surface area contributed by atoms with Gasteiger partial charge in [0.25, 0.3) is 10.1 Å². The van der Waals surface area contributed by atoms with Gasteiger partial charge in [-0.3, -0.25) is 8.98 Å². The van der Waals surface area contributed by atoms with Crippen LogP contribution in [0.4, 0.5) is 4.79 Å². The number of nitrogens with one attached hydrogen (secondary N) is 1. The van der Waals surface area contributed by atoms with Crippen molar-refractivity contribution in [2.45, 2.75) is 59.9 Å². The van der Waals surface area contributed by atoms with Crippen molar-refractivity contribution < 1.29 is 45.9 Å². The summed E-state index contributed by atoms with van der Waals surface area (Å²) in [7, 11) is -3.91. The molecule has 1 aromatic carbocycles. The normalized spacial score (nSPS) is 12.6. The lowest BCUT2D eigenvalue weighted by Gasteiger charge is -2.32. The standard InChI is InChI=1S/C24H37NO10S/c1-18(2)35-23(28)32-14-13-31-22(27)21(33-16-20-10-7-6-8-11-20)24(4,5)17-34-36(29,30)15-9-12-25-19(3)26/h6-8,10-11,18,21H,9,12-17H2,1-5H3,(H,25,26)/t21-/m0/s1. The fraction of sp³-hybridized carbons (Fsp3) is 0.625. The molecule has 1 atom stereocenters. The smallest absolute Gasteiger partial charge is 0.460 e. The number of hydrogen-bond acceptors (Lipinski definition) is 10. The van der Waals surface area contributed by atoms with Crippen molar-refractivity contribution in [2.75, 3.05) is 32.1 Å². The second-order valence-corrected chi connectivity index (χ2v) is 10.7. The summed E-state index contributed by atoms with van der Waals surface area (Å²) in [5.74, 6) is -1.32. The molecule has 1 N–H and O–H groups in total. The third-order valence-electron chi connectivity index (χ3n) is 4.62. The highest BCUT2D eigenvalue weighted by molar-refractivity contribution is 7.86. The molecular formula is C24H37NO10S. The van der Waals surface area contributed by atoms with Gasteiger partial charge in [0.05, 0.1) is 25.1 Å². The second-order valence-electron chi connectivity index (χ2n) is 8.96. The number of carbonyl (C=O) groups is 3. The van der Waals surface area contributed by atoms with Crippen LogP contribution in [0.2, 0.25) is 0 Å². The number of benzene rings is 1. The summed E-state index contributed by atoms with van der Waals surface area (Å²) in [6.45, 7) is 7.38. The van der Waals surface area contributed by atoms with Crippen molar-refractivity contribution >= 4 is 28.1 Å². The van der Waals surface area contributed by atoms with Crippen LogP contribution in [0.5, 0.6) is 0 Å². The average Bonchev–Trinajstić information content (AvgIpc) is 2.78. The first kappa shape index (κ1) is 31.3. The van der Waals surface area contributed by atoms with Crippen LogP contribution in [0.15, 0.2) is 30.3 Å². The van der Waals surface area contributed by atoms with Crippen LogP contribution in [-0.4, -0.2) is 70.8 Å². The van der Waals surface area contributed by atoms with Gasteiger partial charge in [0.2, 0.25) is 5.91 Å². The van der Waals surface area contributed by atoms with Crippen molar-refractivity contribution in [3.8, 4) is 0 Å². The molecule has 0 fully saturated rings. The van der Waals surface area contributed by atoms with Crippen LogP contribution in [0.3, 0.4) is 0 Å². The summed E-state index contributed by atoms with van der Waals surface area (Å²) >= 11 is 0. The zero-order valence-corrected chi connectivity index (χ0v) is 22.3. The van der Waals surface area contributed by atoms with Gasteiger partial charge in [0.1, 0.15) is 13.2 Å². The maximum atomic E-state index is 12.9. The Hall–Kier alpha value is -2.70. The summed E-state index contributed by atoms with van der Waals surface area (Å²) in [5.41, 5.74) is -0.300. The first-order valence-corrected chi connectivity index (χ1v) is 13.2. The Labute approximate surface area is 212 Å². The average molecular weight is 532 g/mol. The number of hydrogen-bond donors (Lipinski definition) is 1. The Morgan fingerprint density at radius 2 is 1.67 bits per heavy atom. The third-order valence-corrected chi connectivity index (χ3v) is 5.88. The van der Waals surface area contributed by atoms with E-state index in [1.165, 1.54) is 6.92 Å². The van der Waals surface area contributed by atoms with E-state index in [9.17, 15) is 22.8 Å². The van der Waals surface area contributed by atoms with Gasteiger partial charge in [-0.1, -0.05) is 44.2 Å². The molecule has 11 nitrogen and oxygen atoms in total. The lowest BCUT2D eigenvalue weighted by molar-refractivity contribution is -0.170. The highest BCUT2D eigenvalue weighted by Gasteiger charge is 2.39. The second kappa shape index (κ2) is 15.4. The van der Waals surface area contributed by atoms with Crippen LogP contribution in [-0.2, 0) is 49.4 Å².